The molecule has 1 N–H and O–H groups in total. The van der Waals surface area contributed by atoms with E-state index in [1.165, 1.54) is 18.2 Å². The summed E-state index contributed by atoms with van der Waals surface area (Å²) in [6.45, 7) is 0. The molecule has 1 aromatic rings. The summed E-state index contributed by atoms with van der Waals surface area (Å²) in [5.74, 6) is -1.79. The van der Waals surface area contributed by atoms with Gasteiger partial charge in [-0.2, -0.15) is 13.2 Å². The maximum atomic E-state index is 13.0. The van der Waals surface area contributed by atoms with E-state index in [-0.39, 0.29) is 23.9 Å². The summed E-state index contributed by atoms with van der Waals surface area (Å²) in [4.78, 5) is 0. The Balaban J connectivity index is 2.00. The van der Waals surface area contributed by atoms with Crippen LogP contribution in [0.4, 0.5) is 23.2 Å². The molecule has 0 spiro atoms. The first kappa shape index (κ1) is 14.4. The molecule has 1 aromatic carbocycles. The van der Waals surface area contributed by atoms with Gasteiger partial charge in [-0.25, -0.2) is 4.39 Å². The quantitative estimate of drug-likeness (QED) is 0.756. The molecular weight excluding hydrogens is 282 g/mol. The lowest BCUT2D eigenvalue weighted by Gasteiger charge is -2.31. The highest BCUT2D eigenvalue weighted by Gasteiger charge is 2.42. The highest BCUT2D eigenvalue weighted by atomic mass is 35.5. The van der Waals surface area contributed by atoms with Crippen molar-refractivity contribution in [3.8, 4) is 0 Å². The largest absolute Gasteiger partial charge is 0.391 e. The van der Waals surface area contributed by atoms with Crippen molar-refractivity contribution in [3.63, 3.8) is 0 Å². The molecule has 2 atom stereocenters. The number of alkyl halides is 3. The summed E-state index contributed by atoms with van der Waals surface area (Å²) in [6, 6.07) is 3.84. The van der Waals surface area contributed by atoms with Crippen LogP contribution in [0.15, 0.2) is 18.2 Å². The summed E-state index contributed by atoms with van der Waals surface area (Å²) in [7, 11) is 0. The zero-order valence-corrected chi connectivity index (χ0v) is 10.9. The Hall–Kier alpha value is -0.970. The van der Waals surface area contributed by atoms with Gasteiger partial charge >= 0.3 is 6.18 Å². The standard InChI is InChI=1S/C13H14ClF4N/c14-11-7-10(4-5-12(11)15)19-9-3-1-2-8(6-9)13(16,17)18/h4-5,7-9,19H,1-3,6H2. The summed E-state index contributed by atoms with van der Waals surface area (Å²) < 4.78 is 51.0. The zero-order valence-electron chi connectivity index (χ0n) is 10.1. The molecule has 1 aliphatic rings. The average Bonchev–Trinajstić information content (AvgIpc) is 2.33. The van der Waals surface area contributed by atoms with Gasteiger partial charge in [-0.3, -0.25) is 0 Å². The van der Waals surface area contributed by atoms with E-state index in [4.69, 9.17) is 11.6 Å². The molecule has 1 nitrogen and oxygen atoms in total. The highest BCUT2D eigenvalue weighted by Crippen LogP contribution is 2.38. The number of benzene rings is 1. The Kier molecular flexibility index (Phi) is 4.23. The van der Waals surface area contributed by atoms with Crippen molar-refractivity contribution in [3.05, 3.63) is 29.0 Å². The van der Waals surface area contributed by atoms with Crippen LogP contribution >= 0.6 is 11.6 Å². The third-order valence-corrected chi connectivity index (χ3v) is 3.72. The smallest absolute Gasteiger partial charge is 0.382 e. The second kappa shape index (κ2) is 5.57. The molecule has 0 bridgehead atoms. The number of halogens is 5. The SMILES string of the molecule is Fc1ccc(NC2CCCC(C(F)(F)F)C2)cc1Cl. The van der Waals surface area contributed by atoms with E-state index in [0.29, 0.717) is 18.5 Å². The summed E-state index contributed by atoms with van der Waals surface area (Å²) in [5.41, 5.74) is 0.555. The molecule has 0 radical (unpaired) electrons. The molecule has 1 aliphatic carbocycles. The van der Waals surface area contributed by atoms with Gasteiger partial charge in [0.1, 0.15) is 5.82 Å². The van der Waals surface area contributed by atoms with Crippen molar-refractivity contribution in [2.45, 2.75) is 37.9 Å². The predicted molar refractivity (Wildman–Crippen MR) is 66.8 cm³/mol. The molecule has 0 amide bonds. The third kappa shape index (κ3) is 3.75. The monoisotopic (exact) mass is 295 g/mol. The van der Waals surface area contributed by atoms with E-state index >= 15 is 0 Å². The lowest BCUT2D eigenvalue weighted by molar-refractivity contribution is -0.182. The van der Waals surface area contributed by atoms with Gasteiger partial charge in [-0.1, -0.05) is 18.0 Å². The first-order valence-corrected chi connectivity index (χ1v) is 6.52. The molecule has 0 heterocycles. The van der Waals surface area contributed by atoms with Crippen molar-refractivity contribution < 1.29 is 17.6 Å². The van der Waals surface area contributed by atoms with Crippen LogP contribution in [0.3, 0.4) is 0 Å². The Bertz CT molecular complexity index is 447. The molecule has 0 aliphatic heterocycles. The predicted octanol–water partition coefficient (Wildman–Crippen LogP) is 5.01. The van der Waals surface area contributed by atoms with Crippen molar-refractivity contribution in [1.82, 2.24) is 0 Å². The fourth-order valence-corrected chi connectivity index (χ4v) is 2.62. The van der Waals surface area contributed by atoms with E-state index < -0.39 is 17.9 Å². The van der Waals surface area contributed by atoms with E-state index in [2.05, 4.69) is 5.32 Å². The first-order chi connectivity index (χ1) is 8.86. The van der Waals surface area contributed by atoms with Gasteiger partial charge in [0.15, 0.2) is 0 Å². The molecule has 1 fully saturated rings. The lowest BCUT2D eigenvalue weighted by Crippen LogP contribution is -2.34. The van der Waals surface area contributed by atoms with Crippen LogP contribution < -0.4 is 5.32 Å². The molecular formula is C13H14ClF4N. The minimum Gasteiger partial charge on any atom is -0.382 e. The van der Waals surface area contributed by atoms with E-state index in [9.17, 15) is 17.6 Å². The molecule has 0 aromatic heterocycles. The fourth-order valence-electron chi connectivity index (χ4n) is 2.44. The lowest BCUT2D eigenvalue weighted by atomic mass is 9.85. The topological polar surface area (TPSA) is 12.0 Å². The van der Waals surface area contributed by atoms with Crippen LogP contribution in [0.5, 0.6) is 0 Å². The molecule has 1 saturated carbocycles. The first-order valence-electron chi connectivity index (χ1n) is 6.14. The van der Waals surface area contributed by atoms with Gasteiger partial charge in [0.2, 0.25) is 0 Å². The number of rotatable bonds is 2. The van der Waals surface area contributed by atoms with Gasteiger partial charge in [-0.15, -0.1) is 0 Å². The Morgan fingerprint density at radius 1 is 1.21 bits per heavy atom. The van der Waals surface area contributed by atoms with E-state index in [1.807, 2.05) is 0 Å². The summed E-state index contributed by atoms with van der Waals surface area (Å²) in [5, 5.41) is 2.97. The van der Waals surface area contributed by atoms with Crippen LogP contribution in [-0.4, -0.2) is 12.2 Å². The van der Waals surface area contributed by atoms with Gasteiger partial charge in [0, 0.05) is 11.7 Å². The number of hydrogen-bond acceptors (Lipinski definition) is 1. The summed E-state index contributed by atoms with van der Waals surface area (Å²) in [6.07, 6.45) is -2.68. The minimum atomic E-state index is -4.14. The molecule has 6 heteroatoms. The van der Waals surface area contributed by atoms with Gasteiger partial charge < -0.3 is 5.32 Å². The van der Waals surface area contributed by atoms with Crippen LogP contribution in [0, 0.1) is 11.7 Å². The van der Waals surface area contributed by atoms with Crippen LogP contribution in [0.25, 0.3) is 0 Å². The van der Waals surface area contributed by atoms with Crippen molar-refractivity contribution >= 4 is 17.3 Å². The third-order valence-electron chi connectivity index (χ3n) is 3.43. The molecule has 19 heavy (non-hydrogen) atoms. The number of nitrogens with one attached hydrogen (secondary N) is 1. The maximum absolute atomic E-state index is 13.0. The Labute approximate surface area is 113 Å². The summed E-state index contributed by atoms with van der Waals surface area (Å²) >= 11 is 5.64. The van der Waals surface area contributed by atoms with Crippen molar-refractivity contribution in [1.29, 1.82) is 0 Å². The molecule has 106 valence electrons. The minimum absolute atomic E-state index is 0.0341. The van der Waals surface area contributed by atoms with Crippen LogP contribution in [0.2, 0.25) is 5.02 Å². The second-order valence-electron chi connectivity index (χ2n) is 4.88. The van der Waals surface area contributed by atoms with Crippen LogP contribution in [0.1, 0.15) is 25.7 Å². The highest BCUT2D eigenvalue weighted by molar-refractivity contribution is 6.31. The molecule has 0 saturated heterocycles. The maximum Gasteiger partial charge on any atom is 0.391 e. The van der Waals surface area contributed by atoms with Crippen LogP contribution in [-0.2, 0) is 0 Å². The average molecular weight is 296 g/mol. The van der Waals surface area contributed by atoms with Gasteiger partial charge in [-0.05, 0) is 37.5 Å². The van der Waals surface area contributed by atoms with E-state index in [1.54, 1.807) is 0 Å². The molecule has 2 unspecified atom stereocenters. The Morgan fingerprint density at radius 2 is 1.95 bits per heavy atom. The number of anilines is 1. The molecule has 2 rings (SSSR count). The van der Waals surface area contributed by atoms with Gasteiger partial charge in [0.05, 0.1) is 10.9 Å². The van der Waals surface area contributed by atoms with Gasteiger partial charge in [0.25, 0.3) is 0 Å². The van der Waals surface area contributed by atoms with E-state index in [0.717, 1.165) is 0 Å². The van der Waals surface area contributed by atoms with Crippen molar-refractivity contribution in [2.75, 3.05) is 5.32 Å². The van der Waals surface area contributed by atoms with Crippen molar-refractivity contribution in [2.24, 2.45) is 5.92 Å². The number of hydrogen-bond donors (Lipinski definition) is 1. The fraction of sp³-hybridized carbons (Fsp3) is 0.538. The zero-order chi connectivity index (χ0) is 14.0. The second-order valence-corrected chi connectivity index (χ2v) is 5.28. The Morgan fingerprint density at radius 3 is 2.58 bits per heavy atom. The normalized spacial score (nSPS) is 24.3.